The van der Waals surface area contributed by atoms with Gasteiger partial charge in [-0.2, -0.15) is 4.98 Å². The van der Waals surface area contributed by atoms with E-state index in [1.165, 1.54) is 16.7 Å². The number of aliphatic hydroxyl groups is 1. The molecule has 4 aromatic rings. The Morgan fingerprint density at radius 1 is 1.06 bits per heavy atom. The van der Waals surface area contributed by atoms with Gasteiger partial charge in [-0.15, -0.1) is 0 Å². The van der Waals surface area contributed by atoms with Crippen molar-refractivity contribution in [3.63, 3.8) is 0 Å². The molecule has 8 nitrogen and oxygen atoms in total. The molecule has 1 unspecified atom stereocenters. The molecule has 1 aliphatic rings. The Balaban J connectivity index is 1.72. The summed E-state index contributed by atoms with van der Waals surface area (Å²) in [5.74, 6) is 0.117. The predicted octanol–water partition coefficient (Wildman–Crippen LogP) is 2.21. The molecule has 2 aromatic carbocycles. The highest BCUT2D eigenvalue weighted by Gasteiger charge is 2.30. The zero-order valence-electron chi connectivity index (χ0n) is 18.6. The molecule has 0 saturated heterocycles. The van der Waals surface area contributed by atoms with Gasteiger partial charge in [-0.05, 0) is 54.8 Å². The van der Waals surface area contributed by atoms with Crippen molar-refractivity contribution < 1.29 is 9.50 Å². The number of aliphatic hydroxyl groups excluding tert-OH is 1. The van der Waals surface area contributed by atoms with E-state index in [4.69, 9.17) is 0 Å². The molecule has 2 aromatic heterocycles. The first-order valence-electron chi connectivity index (χ1n) is 10.7. The lowest BCUT2D eigenvalue weighted by atomic mass is 10.1. The summed E-state index contributed by atoms with van der Waals surface area (Å²) >= 11 is 0. The van der Waals surface area contributed by atoms with Gasteiger partial charge in [0.15, 0.2) is 11.2 Å². The Labute approximate surface area is 188 Å². The van der Waals surface area contributed by atoms with Crippen LogP contribution in [0.25, 0.3) is 11.2 Å². The molecule has 0 fully saturated rings. The number of halogens is 1. The first-order chi connectivity index (χ1) is 15.7. The van der Waals surface area contributed by atoms with Crippen molar-refractivity contribution in [1.29, 1.82) is 0 Å². The summed E-state index contributed by atoms with van der Waals surface area (Å²) in [6.07, 6.45) is -0.724. The molecule has 1 aliphatic heterocycles. The fourth-order valence-corrected chi connectivity index (χ4v) is 4.54. The van der Waals surface area contributed by atoms with Crippen LogP contribution in [0.15, 0.2) is 52.1 Å². The van der Waals surface area contributed by atoms with Crippen LogP contribution in [0, 0.1) is 19.7 Å². The number of nitrogens with zero attached hydrogens (tertiary/aromatic N) is 5. The Kier molecular flexibility index (Phi) is 4.93. The first-order valence-corrected chi connectivity index (χ1v) is 10.7. The van der Waals surface area contributed by atoms with Crippen LogP contribution in [0.4, 0.5) is 16.0 Å². The summed E-state index contributed by atoms with van der Waals surface area (Å²) in [6.45, 7) is 4.52. The number of anilines is 2. The average molecular weight is 449 g/mol. The van der Waals surface area contributed by atoms with Crippen molar-refractivity contribution >= 4 is 22.8 Å². The third-order valence-electron chi connectivity index (χ3n) is 6.01. The lowest BCUT2D eigenvalue weighted by Crippen LogP contribution is -2.42. The molecule has 0 saturated carbocycles. The summed E-state index contributed by atoms with van der Waals surface area (Å²) in [4.78, 5) is 33.1. The van der Waals surface area contributed by atoms with Gasteiger partial charge < -0.3 is 14.6 Å². The van der Waals surface area contributed by atoms with Gasteiger partial charge in [-0.3, -0.25) is 13.9 Å². The van der Waals surface area contributed by atoms with Crippen LogP contribution >= 0.6 is 0 Å². The molecule has 170 valence electrons. The topological polar surface area (TPSA) is 85.3 Å². The largest absolute Gasteiger partial charge is 0.389 e. The average Bonchev–Trinajstić information content (AvgIpc) is 3.15. The van der Waals surface area contributed by atoms with E-state index in [1.807, 2.05) is 30.9 Å². The Morgan fingerprint density at radius 2 is 1.73 bits per heavy atom. The quantitative estimate of drug-likeness (QED) is 0.519. The van der Waals surface area contributed by atoms with Crippen LogP contribution in [-0.2, 0) is 20.1 Å². The molecule has 0 bridgehead atoms. The van der Waals surface area contributed by atoms with E-state index in [0.717, 1.165) is 21.4 Å². The fraction of sp³-hybridized carbons (Fsp3) is 0.292. The van der Waals surface area contributed by atoms with Gasteiger partial charge in [-0.1, -0.05) is 18.2 Å². The van der Waals surface area contributed by atoms with E-state index in [0.29, 0.717) is 18.1 Å². The van der Waals surface area contributed by atoms with E-state index in [9.17, 15) is 19.1 Å². The third kappa shape index (κ3) is 3.54. The van der Waals surface area contributed by atoms with Crippen LogP contribution in [-0.4, -0.2) is 36.4 Å². The number of β-amino-alcohol motifs (C(OH)–C–C–N with tert-alkyl or cyclic N) is 1. The Hall–Kier alpha value is -3.72. The number of rotatable bonds is 3. The first kappa shape index (κ1) is 21.1. The molecule has 0 amide bonds. The molecule has 5 rings (SSSR count). The van der Waals surface area contributed by atoms with E-state index < -0.39 is 17.4 Å². The second kappa shape index (κ2) is 7.70. The smallest absolute Gasteiger partial charge is 0.332 e. The standard InChI is InChI=1S/C24H24FN5O3/c1-14-8-15(2)10-18(9-14)28-12-19(31)13-29-20-21(26-23(28)29)27(3)24(33)30(22(20)32)11-16-4-6-17(25)7-5-16/h4-10,19,31H,11-13H2,1-3H3. The number of hydrogen-bond donors (Lipinski definition) is 1. The number of benzene rings is 2. The maximum Gasteiger partial charge on any atom is 0.332 e. The molecule has 0 spiro atoms. The maximum atomic E-state index is 13.5. The molecule has 33 heavy (non-hydrogen) atoms. The van der Waals surface area contributed by atoms with Gasteiger partial charge in [0, 0.05) is 12.7 Å². The molecule has 1 atom stereocenters. The minimum Gasteiger partial charge on any atom is -0.389 e. The predicted molar refractivity (Wildman–Crippen MR) is 124 cm³/mol. The molecule has 1 N–H and O–H groups in total. The number of aryl methyl sites for hydroxylation is 3. The summed E-state index contributed by atoms with van der Waals surface area (Å²) in [5.41, 5.74) is 3.14. The molecule has 9 heteroatoms. The van der Waals surface area contributed by atoms with Crippen molar-refractivity contribution in [3.8, 4) is 0 Å². The number of imidazole rings is 1. The maximum absolute atomic E-state index is 13.5. The van der Waals surface area contributed by atoms with E-state index >= 15 is 0 Å². The van der Waals surface area contributed by atoms with Crippen molar-refractivity contribution in [1.82, 2.24) is 18.7 Å². The van der Waals surface area contributed by atoms with Crippen LogP contribution < -0.4 is 16.1 Å². The Morgan fingerprint density at radius 3 is 2.39 bits per heavy atom. The van der Waals surface area contributed by atoms with Gasteiger partial charge in [0.2, 0.25) is 5.95 Å². The van der Waals surface area contributed by atoms with Crippen LogP contribution in [0.2, 0.25) is 0 Å². The lowest BCUT2D eigenvalue weighted by molar-refractivity contribution is 0.154. The molecule has 3 heterocycles. The van der Waals surface area contributed by atoms with Crippen molar-refractivity contribution in [2.75, 3.05) is 11.4 Å². The van der Waals surface area contributed by atoms with Crippen molar-refractivity contribution in [3.05, 3.63) is 85.8 Å². The zero-order valence-corrected chi connectivity index (χ0v) is 18.6. The van der Waals surface area contributed by atoms with Crippen molar-refractivity contribution in [2.24, 2.45) is 7.05 Å². The van der Waals surface area contributed by atoms with E-state index in [-0.39, 0.29) is 30.1 Å². The van der Waals surface area contributed by atoms with Gasteiger partial charge >= 0.3 is 5.69 Å². The highest BCUT2D eigenvalue weighted by molar-refractivity contribution is 5.77. The van der Waals surface area contributed by atoms with E-state index in [1.54, 1.807) is 23.7 Å². The summed E-state index contributed by atoms with van der Waals surface area (Å²) < 4.78 is 17.4. The van der Waals surface area contributed by atoms with E-state index in [2.05, 4.69) is 11.1 Å². The van der Waals surface area contributed by atoms with Gasteiger partial charge in [-0.25, -0.2) is 9.18 Å². The second-order valence-electron chi connectivity index (χ2n) is 8.66. The van der Waals surface area contributed by atoms with Crippen molar-refractivity contribution in [2.45, 2.75) is 33.0 Å². The van der Waals surface area contributed by atoms with Crippen LogP contribution in [0.3, 0.4) is 0 Å². The minimum absolute atomic E-state index is 0.00554. The normalized spacial score (nSPS) is 15.8. The molecule has 0 radical (unpaired) electrons. The minimum atomic E-state index is -0.724. The number of fused-ring (bicyclic) bond motifs is 3. The fourth-order valence-electron chi connectivity index (χ4n) is 4.54. The van der Waals surface area contributed by atoms with Crippen LogP contribution in [0.5, 0.6) is 0 Å². The monoisotopic (exact) mass is 449 g/mol. The summed E-state index contributed by atoms with van der Waals surface area (Å²) in [5, 5.41) is 10.6. The lowest BCUT2D eigenvalue weighted by Gasteiger charge is -2.32. The van der Waals surface area contributed by atoms with Gasteiger partial charge in [0.05, 0.1) is 25.7 Å². The zero-order chi connectivity index (χ0) is 23.4. The molecule has 0 aliphatic carbocycles. The second-order valence-corrected chi connectivity index (χ2v) is 8.66. The molecular formula is C24H24FN5O3. The summed E-state index contributed by atoms with van der Waals surface area (Å²) in [7, 11) is 1.57. The third-order valence-corrected chi connectivity index (χ3v) is 6.01. The number of hydrogen-bond acceptors (Lipinski definition) is 5. The summed E-state index contributed by atoms with van der Waals surface area (Å²) in [6, 6.07) is 11.7. The SMILES string of the molecule is Cc1cc(C)cc(N2CC(O)Cn3c2nc2c3c(=O)n(Cc3ccc(F)cc3)c(=O)n2C)c1. The van der Waals surface area contributed by atoms with Gasteiger partial charge in [0.1, 0.15) is 5.82 Å². The highest BCUT2D eigenvalue weighted by Crippen LogP contribution is 2.32. The Bertz CT molecular complexity index is 1480. The number of aromatic nitrogens is 4. The van der Waals surface area contributed by atoms with Gasteiger partial charge in [0.25, 0.3) is 5.56 Å². The van der Waals surface area contributed by atoms with Crippen LogP contribution in [0.1, 0.15) is 16.7 Å². The molecular weight excluding hydrogens is 425 g/mol. The highest BCUT2D eigenvalue weighted by atomic mass is 19.1.